The summed E-state index contributed by atoms with van der Waals surface area (Å²) in [5, 5.41) is 10.9. The zero-order valence-corrected chi connectivity index (χ0v) is 31.3. The van der Waals surface area contributed by atoms with Gasteiger partial charge in [0.1, 0.15) is 0 Å². The molecule has 4 fully saturated rings. The molecule has 1 N–H and O–H groups in total. The van der Waals surface area contributed by atoms with Crippen molar-refractivity contribution < 1.29 is 9.22 Å². The van der Waals surface area contributed by atoms with E-state index in [-0.39, 0.29) is 11.5 Å². The second kappa shape index (κ2) is 10.1. The molecule has 40 heavy (non-hydrogen) atoms. The summed E-state index contributed by atoms with van der Waals surface area (Å²) in [4.78, 5) is 0. The van der Waals surface area contributed by atoms with Gasteiger partial charge < -0.3 is 9.22 Å². The number of hydrogen-bond acceptors (Lipinski definition) is 2. The van der Waals surface area contributed by atoms with Gasteiger partial charge in [0.25, 0.3) is 0 Å². The van der Waals surface area contributed by atoms with Gasteiger partial charge in [-0.2, -0.15) is 0 Å². The van der Waals surface area contributed by atoms with Crippen LogP contribution in [-0.4, -0.2) is 27.8 Å². The van der Waals surface area contributed by atoms with Gasteiger partial charge in [0.2, 0.25) is 0 Å². The zero-order valence-electron chi connectivity index (χ0n) is 29.3. The van der Waals surface area contributed by atoms with Gasteiger partial charge in [-0.1, -0.05) is 67.0 Å². The minimum Gasteiger partial charge on any atom is -0.456 e. The molecule has 232 valence electrons. The molecule has 8 atom stereocenters. The Labute approximate surface area is 252 Å². The minimum absolute atomic E-state index is 0.0533. The van der Waals surface area contributed by atoms with Gasteiger partial charge in [0, 0.05) is 0 Å². The van der Waals surface area contributed by atoms with Crippen LogP contribution >= 0.6 is 0 Å². The molecule has 5 rings (SSSR count). The lowest BCUT2D eigenvalue weighted by Crippen LogP contribution is -2.64. The first-order valence-electron chi connectivity index (χ1n) is 17.0. The number of aliphatic hydroxyl groups excluding tert-OH is 1. The smallest absolute Gasteiger partial charge is 0.170 e. The van der Waals surface area contributed by atoms with Gasteiger partial charge in [0.15, 0.2) is 16.6 Å². The molecule has 2 nitrogen and oxygen atoms in total. The summed E-state index contributed by atoms with van der Waals surface area (Å²) in [5.74, 6) is 2.21. The molecule has 0 radical (unpaired) electrons. The number of hydrogen-bond donors (Lipinski definition) is 1. The third-order valence-electron chi connectivity index (χ3n) is 13.7. The van der Waals surface area contributed by atoms with Crippen molar-refractivity contribution in [1.82, 2.24) is 0 Å². The van der Waals surface area contributed by atoms with Crippen molar-refractivity contribution in [3.8, 4) is 0 Å². The number of aliphatic hydroxyl groups is 1. The quantitative estimate of drug-likeness (QED) is 0.257. The molecule has 4 heteroatoms. The number of allylic oxidation sites excluding steroid dienone is 2. The van der Waals surface area contributed by atoms with E-state index in [9.17, 15) is 5.11 Å². The number of fused-ring (bicyclic) bond motifs is 7. The van der Waals surface area contributed by atoms with Crippen LogP contribution in [0.2, 0.25) is 39.3 Å². The molecular weight excluding hydrogens is 521 g/mol. The summed E-state index contributed by atoms with van der Waals surface area (Å²) in [6, 6.07) is 0. The average Bonchev–Trinajstić information content (AvgIpc) is 2.76. The highest BCUT2D eigenvalue weighted by Gasteiger charge is 2.67. The van der Waals surface area contributed by atoms with Crippen LogP contribution in [0, 0.1) is 50.2 Å². The number of rotatable bonds is 2. The predicted molar refractivity (Wildman–Crippen MR) is 178 cm³/mol. The molecular formula is C36H68O2Si2. The Morgan fingerprint density at radius 3 is 1.85 bits per heavy atom. The average molecular weight is 589 g/mol. The van der Waals surface area contributed by atoms with Crippen LogP contribution in [0.3, 0.4) is 0 Å². The van der Waals surface area contributed by atoms with Gasteiger partial charge >= 0.3 is 0 Å². The van der Waals surface area contributed by atoms with Gasteiger partial charge in [-0.3, -0.25) is 0 Å². The van der Waals surface area contributed by atoms with Crippen molar-refractivity contribution in [2.75, 3.05) is 0 Å². The third-order valence-corrected chi connectivity index (χ3v) is 18.6. The lowest BCUT2D eigenvalue weighted by molar-refractivity contribution is -0.202. The highest BCUT2D eigenvalue weighted by Crippen LogP contribution is 2.75. The fourth-order valence-corrected chi connectivity index (χ4v) is 18.8. The molecule has 0 aromatic heterocycles. The van der Waals surface area contributed by atoms with Crippen LogP contribution in [0.25, 0.3) is 0 Å². The normalized spacial score (nSPS) is 45.9. The topological polar surface area (TPSA) is 29.5 Å². The Hall–Kier alpha value is 0.0938. The SMILES string of the molecule is CC1(C)CC[C@]2(C)CC[C@]3(C)C(=CC[C@@H]4[C@@]5(C)CC[C@H](O)C(C)(C)[C@@H]5CC[C@]43C)[C@@H]2C1.C[Si](C)(C)O[Si](C)(C)C. The molecule has 0 aromatic rings. The molecule has 0 heterocycles. The Bertz CT molecular complexity index is 974. The molecule has 0 amide bonds. The summed E-state index contributed by atoms with van der Waals surface area (Å²) in [7, 11) is -2.46. The fourth-order valence-electron chi connectivity index (χ4n) is 11.4. The first kappa shape index (κ1) is 33.0. The lowest BCUT2D eigenvalue weighted by atomic mass is 9.33. The predicted octanol–water partition coefficient (Wildman–Crippen LogP) is 10.8. The van der Waals surface area contributed by atoms with Crippen molar-refractivity contribution in [3.05, 3.63) is 11.6 Å². The van der Waals surface area contributed by atoms with Crippen molar-refractivity contribution in [2.45, 2.75) is 165 Å². The Kier molecular flexibility index (Phi) is 8.30. The minimum atomic E-state index is -1.23. The van der Waals surface area contributed by atoms with Gasteiger partial charge in [-0.25, -0.2) is 0 Å². The molecule has 4 saturated carbocycles. The van der Waals surface area contributed by atoms with Crippen LogP contribution in [0.15, 0.2) is 11.6 Å². The van der Waals surface area contributed by atoms with Crippen LogP contribution in [-0.2, 0) is 4.12 Å². The van der Waals surface area contributed by atoms with E-state index in [1.807, 2.05) is 5.57 Å². The molecule has 5 aliphatic carbocycles. The highest BCUT2D eigenvalue weighted by molar-refractivity contribution is 6.83. The largest absolute Gasteiger partial charge is 0.456 e. The summed E-state index contributed by atoms with van der Waals surface area (Å²) < 4.78 is 5.90. The standard InChI is InChI=1S/C30H50O.C6H18OSi2/c1-25(2)15-16-27(5)17-18-29(7)20(21(27)19-25)9-10-23-28(6)13-12-24(31)26(3,4)22(28)11-14-30(23,29)8;1-8(2,3)7-9(4,5)6/h9,21-24,31H,10-19H2,1-8H3;1-6H3/t21-,22-,23+,24-,27+,28-,29+,30+;/m0./s1. The Morgan fingerprint density at radius 2 is 1.30 bits per heavy atom. The van der Waals surface area contributed by atoms with Crippen molar-refractivity contribution in [3.63, 3.8) is 0 Å². The first-order chi connectivity index (χ1) is 17.9. The lowest BCUT2D eigenvalue weighted by Gasteiger charge is -2.71. The molecule has 0 bridgehead atoms. The molecule has 0 unspecified atom stereocenters. The van der Waals surface area contributed by atoms with Crippen molar-refractivity contribution >= 4 is 16.6 Å². The van der Waals surface area contributed by atoms with E-state index >= 15 is 0 Å². The zero-order chi connectivity index (χ0) is 30.4. The van der Waals surface area contributed by atoms with E-state index < -0.39 is 16.6 Å². The summed E-state index contributed by atoms with van der Waals surface area (Å²) in [6.07, 6.45) is 15.9. The van der Waals surface area contributed by atoms with E-state index in [2.05, 4.69) is 101 Å². The van der Waals surface area contributed by atoms with E-state index in [1.54, 1.807) is 0 Å². The highest BCUT2D eigenvalue weighted by atomic mass is 28.4. The second-order valence-corrected chi connectivity index (χ2v) is 28.8. The van der Waals surface area contributed by atoms with E-state index in [0.29, 0.717) is 33.0 Å². The molecule has 5 aliphatic rings. The Morgan fingerprint density at radius 1 is 0.725 bits per heavy atom. The summed E-state index contributed by atoms with van der Waals surface area (Å²) in [6.45, 7) is 33.9. The van der Waals surface area contributed by atoms with Crippen LogP contribution in [0.1, 0.15) is 120 Å². The van der Waals surface area contributed by atoms with Crippen LogP contribution in [0.4, 0.5) is 0 Å². The van der Waals surface area contributed by atoms with E-state index in [4.69, 9.17) is 4.12 Å². The van der Waals surface area contributed by atoms with Crippen molar-refractivity contribution in [1.29, 1.82) is 0 Å². The van der Waals surface area contributed by atoms with Crippen molar-refractivity contribution in [2.24, 2.45) is 50.2 Å². The molecule has 0 aliphatic heterocycles. The third kappa shape index (κ3) is 5.56. The fraction of sp³-hybridized carbons (Fsp3) is 0.944. The van der Waals surface area contributed by atoms with Crippen LogP contribution in [0.5, 0.6) is 0 Å². The van der Waals surface area contributed by atoms with E-state index in [1.165, 1.54) is 57.8 Å². The summed E-state index contributed by atoms with van der Waals surface area (Å²) in [5.41, 5.74) is 4.09. The van der Waals surface area contributed by atoms with Crippen LogP contribution < -0.4 is 0 Å². The maximum atomic E-state index is 10.9. The van der Waals surface area contributed by atoms with Gasteiger partial charge in [0.05, 0.1) is 6.10 Å². The van der Waals surface area contributed by atoms with Gasteiger partial charge in [-0.15, -0.1) is 0 Å². The van der Waals surface area contributed by atoms with Gasteiger partial charge in [-0.05, 0) is 154 Å². The second-order valence-electron chi connectivity index (χ2n) is 19.6. The summed E-state index contributed by atoms with van der Waals surface area (Å²) >= 11 is 0. The monoisotopic (exact) mass is 588 g/mol. The maximum Gasteiger partial charge on any atom is 0.170 e. The molecule has 0 aromatic carbocycles. The van der Waals surface area contributed by atoms with E-state index in [0.717, 1.165) is 18.3 Å². The maximum absolute atomic E-state index is 10.9. The first-order valence-corrected chi connectivity index (χ1v) is 23.8. The Balaban J connectivity index is 0.000000357. The molecule has 0 saturated heterocycles. The molecule has 0 spiro atoms.